The Morgan fingerprint density at radius 2 is 2.47 bits per heavy atom. The summed E-state index contributed by atoms with van der Waals surface area (Å²) in [6.45, 7) is 2.95. The second kappa shape index (κ2) is 7.07. The molecular formula is C13H20BrN3O2. The van der Waals surface area contributed by atoms with Crippen LogP contribution in [0.5, 0.6) is 0 Å². The highest BCUT2D eigenvalue weighted by Crippen LogP contribution is 2.14. The Morgan fingerprint density at radius 1 is 1.63 bits per heavy atom. The molecule has 0 aromatic carbocycles. The second-order valence-electron chi connectivity index (χ2n) is 4.77. The summed E-state index contributed by atoms with van der Waals surface area (Å²) in [6.07, 6.45) is 4.09. The molecule has 1 atom stereocenters. The molecule has 106 valence electrons. The van der Waals surface area contributed by atoms with E-state index >= 15 is 0 Å². The van der Waals surface area contributed by atoms with Crippen LogP contribution in [0, 0.1) is 0 Å². The van der Waals surface area contributed by atoms with E-state index in [9.17, 15) is 4.79 Å². The number of nitrogens with one attached hydrogen (secondary N) is 2. The van der Waals surface area contributed by atoms with E-state index in [4.69, 9.17) is 4.74 Å². The van der Waals surface area contributed by atoms with Crippen LogP contribution in [0.2, 0.25) is 0 Å². The maximum absolute atomic E-state index is 12.4. The topological polar surface area (TPSA) is 57.4 Å². The minimum absolute atomic E-state index is 0.0245. The molecular weight excluding hydrogens is 310 g/mol. The molecule has 1 saturated heterocycles. The maximum atomic E-state index is 12.4. The van der Waals surface area contributed by atoms with Gasteiger partial charge in [-0.2, -0.15) is 0 Å². The van der Waals surface area contributed by atoms with Gasteiger partial charge in [0.1, 0.15) is 5.69 Å². The number of hydrogen-bond donors (Lipinski definition) is 2. The number of aromatic nitrogens is 1. The van der Waals surface area contributed by atoms with Gasteiger partial charge in [0.25, 0.3) is 5.91 Å². The molecule has 0 aliphatic carbocycles. The van der Waals surface area contributed by atoms with Gasteiger partial charge in [-0.1, -0.05) is 0 Å². The van der Waals surface area contributed by atoms with Crippen LogP contribution >= 0.6 is 15.9 Å². The molecule has 2 N–H and O–H groups in total. The molecule has 0 radical (unpaired) electrons. The molecule has 0 saturated carbocycles. The van der Waals surface area contributed by atoms with E-state index in [0.29, 0.717) is 24.9 Å². The first-order chi connectivity index (χ1) is 9.20. The van der Waals surface area contributed by atoms with Crippen LogP contribution in [0.25, 0.3) is 0 Å². The lowest BCUT2D eigenvalue weighted by Gasteiger charge is -2.25. The summed E-state index contributed by atoms with van der Waals surface area (Å²) in [5.41, 5.74) is 0.612. The average Bonchev–Trinajstić information content (AvgIpc) is 3.05. The van der Waals surface area contributed by atoms with Crippen molar-refractivity contribution in [3.63, 3.8) is 0 Å². The molecule has 1 unspecified atom stereocenters. The molecule has 1 aliphatic rings. The van der Waals surface area contributed by atoms with Crippen LogP contribution in [-0.4, -0.2) is 55.2 Å². The van der Waals surface area contributed by atoms with Crippen LogP contribution in [-0.2, 0) is 4.74 Å². The fourth-order valence-corrected chi connectivity index (χ4v) is 2.66. The number of hydrogen-bond acceptors (Lipinski definition) is 3. The van der Waals surface area contributed by atoms with Gasteiger partial charge in [-0.25, -0.2) is 0 Å². The van der Waals surface area contributed by atoms with Crippen molar-refractivity contribution in [1.82, 2.24) is 15.2 Å². The molecule has 2 rings (SSSR count). The van der Waals surface area contributed by atoms with Crippen molar-refractivity contribution >= 4 is 21.8 Å². The van der Waals surface area contributed by atoms with Gasteiger partial charge in [-0.15, -0.1) is 0 Å². The highest BCUT2D eigenvalue weighted by molar-refractivity contribution is 9.10. The molecule has 2 heterocycles. The molecule has 5 nitrogen and oxygen atoms in total. The van der Waals surface area contributed by atoms with Crippen LogP contribution < -0.4 is 5.32 Å². The van der Waals surface area contributed by atoms with Crippen molar-refractivity contribution in [3.8, 4) is 0 Å². The van der Waals surface area contributed by atoms with Gasteiger partial charge in [-0.3, -0.25) is 4.79 Å². The Morgan fingerprint density at radius 3 is 3.05 bits per heavy atom. The zero-order valence-electron chi connectivity index (χ0n) is 11.1. The van der Waals surface area contributed by atoms with Crippen molar-refractivity contribution in [1.29, 1.82) is 0 Å². The van der Waals surface area contributed by atoms with Crippen LogP contribution in [0.3, 0.4) is 0 Å². The van der Waals surface area contributed by atoms with Gasteiger partial charge in [0, 0.05) is 36.9 Å². The predicted molar refractivity (Wildman–Crippen MR) is 77.3 cm³/mol. The number of H-pyrrole nitrogens is 1. The Bertz CT molecular complexity index is 416. The minimum Gasteiger partial charge on any atom is -0.383 e. The molecule has 1 aromatic rings. The normalized spacial score (nSPS) is 18.7. The number of ether oxygens (including phenoxy) is 1. The van der Waals surface area contributed by atoms with Crippen molar-refractivity contribution in [2.45, 2.75) is 18.9 Å². The van der Waals surface area contributed by atoms with Crippen LogP contribution in [0.4, 0.5) is 0 Å². The summed E-state index contributed by atoms with van der Waals surface area (Å²) in [5.74, 6) is 0.0245. The highest BCUT2D eigenvalue weighted by Gasteiger charge is 2.22. The monoisotopic (exact) mass is 329 g/mol. The number of amides is 1. The van der Waals surface area contributed by atoms with Gasteiger partial charge >= 0.3 is 0 Å². The third kappa shape index (κ3) is 4.06. The number of halogens is 1. The van der Waals surface area contributed by atoms with Gasteiger partial charge < -0.3 is 19.9 Å². The van der Waals surface area contributed by atoms with Gasteiger partial charge in [-0.05, 0) is 41.4 Å². The molecule has 0 spiro atoms. The lowest BCUT2D eigenvalue weighted by atomic mass is 10.2. The van der Waals surface area contributed by atoms with E-state index in [1.165, 1.54) is 6.42 Å². The Labute approximate surface area is 121 Å². The largest absolute Gasteiger partial charge is 0.383 e. The maximum Gasteiger partial charge on any atom is 0.270 e. The summed E-state index contributed by atoms with van der Waals surface area (Å²) in [5, 5.41) is 3.42. The zero-order chi connectivity index (χ0) is 13.7. The molecule has 0 bridgehead atoms. The van der Waals surface area contributed by atoms with Crippen molar-refractivity contribution in [2.75, 3.05) is 33.4 Å². The van der Waals surface area contributed by atoms with Gasteiger partial charge in [0.05, 0.1) is 6.61 Å². The van der Waals surface area contributed by atoms with Crippen molar-refractivity contribution in [2.24, 2.45) is 0 Å². The average molecular weight is 330 g/mol. The zero-order valence-corrected chi connectivity index (χ0v) is 12.7. The van der Waals surface area contributed by atoms with E-state index in [-0.39, 0.29) is 5.91 Å². The molecule has 1 fully saturated rings. The first-order valence-electron chi connectivity index (χ1n) is 6.56. The first-order valence-corrected chi connectivity index (χ1v) is 7.35. The Kier molecular flexibility index (Phi) is 5.42. The minimum atomic E-state index is 0.0245. The van der Waals surface area contributed by atoms with Crippen molar-refractivity contribution in [3.05, 3.63) is 22.4 Å². The first kappa shape index (κ1) is 14.6. The van der Waals surface area contributed by atoms with Crippen molar-refractivity contribution < 1.29 is 9.53 Å². The third-order valence-corrected chi connectivity index (χ3v) is 3.79. The molecule has 1 amide bonds. The molecule has 19 heavy (non-hydrogen) atoms. The number of nitrogens with zero attached hydrogens (tertiary/aromatic N) is 1. The quantitative estimate of drug-likeness (QED) is 0.833. The fraction of sp³-hybridized carbons (Fsp3) is 0.615. The summed E-state index contributed by atoms with van der Waals surface area (Å²) in [4.78, 5) is 17.3. The Hall–Kier alpha value is -0.850. The van der Waals surface area contributed by atoms with Crippen LogP contribution in [0.1, 0.15) is 23.3 Å². The third-order valence-electron chi connectivity index (χ3n) is 3.33. The standard InChI is InChI=1S/C13H20BrN3O2/c1-19-6-5-17(9-11-3-2-4-15-11)13(18)12-7-10(14)8-16-12/h7-8,11,15-16H,2-6,9H2,1H3. The molecule has 6 heteroatoms. The lowest BCUT2D eigenvalue weighted by molar-refractivity contribution is 0.0674. The molecule has 1 aromatic heterocycles. The molecule has 1 aliphatic heterocycles. The summed E-state index contributed by atoms with van der Waals surface area (Å²) in [7, 11) is 1.65. The van der Waals surface area contributed by atoms with E-state index in [1.807, 2.05) is 11.0 Å². The van der Waals surface area contributed by atoms with Gasteiger partial charge in [0.2, 0.25) is 0 Å². The SMILES string of the molecule is COCCN(CC1CCCN1)C(=O)c1cc(Br)c[nH]1. The number of carbonyl (C=O) groups is 1. The number of rotatable bonds is 6. The van der Waals surface area contributed by atoms with E-state index in [0.717, 1.165) is 24.0 Å². The summed E-state index contributed by atoms with van der Waals surface area (Å²) >= 11 is 3.35. The fourth-order valence-electron chi connectivity index (χ4n) is 2.32. The summed E-state index contributed by atoms with van der Waals surface area (Å²) < 4.78 is 5.98. The highest BCUT2D eigenvalue weighted by atomic mass is 79.9. The van der Waals surface area contributed by atoms with E-state index in [1.54, 1.807) is 13.3 Å². The second-order valence-corrected chi connectivity index (χ2v) is 5.68. The number of methoxy groups -OCH3 is 1. The Balaban J connectivity index is 2.00. The smallest absolute Gasteiger partial charge is 0.270 e. The number of carbonyl (C=O) groups excluding carboxylic acids is 1. The van der Waals surface area contributed by atoms with E-state index in [2.05, 4.69) is 26.2 Å². The summed E-state index contributed by atoms with van der Waals surface area (Å²) in [6, 6.07) is 2.21. The van der Waals surface area contributed by atoms with Gasteiger partial charge in [0.15, 0.2) is 0 Å². The van der Waals surface area contributed by atoms with E-state index < -0.39 is 0 Å². The number of aromatic amines is 1. The van der Waals surface area contributed by atoms with Crippen LogP contribution in [0.15, 0.2) is 16.7 Å². The predicted octanol–water partition coefficient (Wildman–Crippen LogP) is 1.62. The lowest BCUT2D eigenvalue weighted by Crippen LogP contribution is -2.42.